The Bertz CT molecular complexity index is 346. The van der Waals surface area contributed by atoms with E-state index in [9.17, 15) is 4.79 Å². The Hall–Kier alpha value is -0.610. The highest BCUT2D eigenvalue weighted by Crippen LogP contribution is 2.33. The Morgan fingerprint density at radius 1 is 0.905 bits per heavy atom. The second-order valence-electron chi connectivity index (χ2n) is 7.19. The molecule has 3 rings (SSSR count). The van der Waals surface area contributed by atoms with Crippen LogP contribution in [0.3, 0.4) is 0 Å². The van der Waals surface area contributed by atoms with Crippen molar-refractivity contribution in [3.63, 3.8) is 0 Å². The minimum atomic E-state index is 0.224. The summed E-state index contributed by atoms with van der Waals surface area (Å²) >= 11 is 0. The number of amides is 1. The lowest BCUT2D eigenvalue weighted by Crippen LogP contribution is -2.49. The molecule has 0 spiro atoms. The fraction of sp³-hybridized carbons (Fsp3) is 0.941. The van der Waals surface area contributed by atoms with Gasteiger partial charge in [-0.15, -0.1) is 0 Å². The SMILES string of the molecule is NC[C@H]1CCC[C@H]1C(=O)N1CCC(N2CCCCC2)CC1. The number of nitrogens with zero attached hydrogens (tertiary/aromatic N) is 2. The minimum Gasteiger partial charge on any atom is -0.342 e. The Morgan fingerprint density at radius 2 is 1.62 bits per heavy atom. The van der Waals surface area contributed by atoms with Crippen molar-refractivity contribution in [2.45, 2.75) is 57.4 Å². The number of carbonyl (C=O) groups excluding carboxylic acids is 1. The van der Waals surface area contributed by atoms with Gasteiger partial charge in [0.2, 0.25) is 5.91 Å². The summed E-state index contributed by atoms with van der Waals surface area (Å²) in [7, 11) is 0. The lowest BCUT2D eigenvalue weighted by molar-refractivity contribution is -0.138. The lowest BCUT2D eigenvalue weighted by atomic mass is 9.93. The Kier molecular flexibility index (Phi) is 5.17. The summed E-state index contributed by atoms with van der Waals surface area (Å²) in [6, 6.07) is 0.725. The van der Waals surface area contributed by atoms with E-state index >= 15 is 0 Å². The van der Waals surface area contributed by atoms with Crippen LogP contribution in [0.4, 0.5) is 0 Å². The number of carbonyl (C=O) groups is 1. The molecule has 2 heterocycles. The zero-order valence-corrected chi connectivity index (χ0v) is 13.3. The third kappa shape index (κ3) is 3.42. The summed E-state index contributed by atoms with van der Waals surface area (Å²) < 4.78 is 0. The van der Waals surface area contributed by atoms with Crippen molar-refractivity contribution in [1.82, 2.24) is 9.80 Å². The van der Waals surface area contributed by atoms with Gasteiger partial charge >= 0.3 is 0 Å². The van der Waals surface area contributed by atoms with Crippen LogP contribution < -0.4 is 5.73 Å². The van der Waals surface area contributed by atoms with E-state index in [1.54, 1.807) is 0 Å². The zero-order chi connectivity index (χ0) is 14.7. The van der Waals surface area contributed by atoms with E-state index in [1.165, 1.54) is 51.6 Å². The van der Waals surface area contributed by atoms with E-state index in [4.69, 9.17) is 5.73 Å². The molecule has 3 fully saturated rings. The van der Waals surface area contributed by atoms with Crippen molar-refractivity contribution < 1.29 is 4.79 Å². The van der Waals surface area contributed by atoms with Crippen LogP contribution in [0, 0.1) is 11.8 Å². The van der Waals surface area contributed by atoms with Crippen LogP contribution in [0.1, 0.15) is 51.4 Å². The molecular weight excluding hydrogens is 262 g/mol. The number of piperidine rings is 2. The molecule has 4 heteroatoms. The van der Waals surface area contributed by atoms with E-state index in [-0.39, 0.29) is 5.92 Å². The predicted molar refractivity (Wildman–Crippen MR) is 84.9 cm³/mol. The van der Waals surface area contributed by atoms with Gasteiger partial charge in [-0.25, -0.2) is 0 Å². The fourth-order valence-electron chi connectivity index (χ4n) is 4.61. The standard InChI is InChI=1S/C17H31N3O/c18-13-14-5-4-6-16(14)17(21)20-11-7-15(8-12-20)19-9-2-1-3-10-19/h14-16H,1-13,18H2/t14-,16-/m1/s1. The Morgan fingerprint density at radius 3 is 2.29 bits per heavy atom. The molecule has 1 amide bonds. The maximum atomic E-state index is 12.7. The first-order valence-electron chi connectivity index (χ1n) is 9.02. The predicted octanol–water partition coefficient (Wildman–Crippen LogP) is 1.84. The van der Waals surface area contributed by atoms with Gasteiger partial charge in [-0.2, -0.15) is 0 Å². The van der Waals surface area contributed by atoms with Crippen molar-refractivity contribution in [3.8, 4) is 0 Å². The molecule has 0 aromatic rings. The van der Waals surface area contributed by atoms with Crippen molar-refractivity contribution in [3.05, 3.63) is 0 Å². The van der Waals surface area contributed by atoms with E-state index in [0.29, 0.717) is 18.4 Å². The normalized spacial score (nSPS) is 32.5. The molecule has 0 bridgehead atoms. The van der Waals surface area contributed by atoms with Gasteiger partial charge in [-0.1, -0.05) is 12.8 Å². The Balaban J connectivity index is 1.49. The zero-order valence-electron chi connectivity index (χ0n) is 13.3. The smallest absolute Gasteiger partial charge is 0.226 e. The fourth-order valence-corrected chi connectivity index (χ4v) is 4.61. The van der Waals surface area contributed by atoms with E-state index in [2.05, 4.69) is 9.80 Å². The highest BCUT2D eigenvalue weighted by Gasteiger charge is 2.36. The van der Waals surface area contributed by atoms with Gasteiger partial charge in [-0.05, 0) is 64.1 Å². The van der Waals surface area contributed by atoms with E-state index in [1.807, 2.05) is 0 Å². The van der Waals surface area contributed by atoms with Gasteiger partial charge in [0.15, 0.2) is 0 Å². The van der Waals surface area contributed by atoms with Crippen LogP contribution in [-0.2, 0) is 4.79 Å². The quantitative estimate of drug-likeness (QED) is 0.864. The summed E-state index contributed by atoms with van der Waals surface area (Å²) in [5.41, 5.74) is 5.83. The molecule has 3 aliphatic rings. The molecule has 2 saturated heterocycles. The number of hydrogen-bond acceptors (Lipinski definition) is 3. The highest BCUT2D eigenvalue weighted by atomic mass is 16.2. The molecule has 120 valence electrons. The molecule has 2 N–H and O–H groups in total. The van der Waals surface area contributed by atoms with Crippen molar-refractivity contribution >= 4 is 5.91 Å². The Labute approximate surface area is 129 Å². The van der Waals surface area contributed by atoms with Crippen molar-refractivity contribution in [2.24, 2.45) is 17.6 Å². The molecule has 1 aliphatic carbocycles. The van der Waals surface area contributed by atoms with Crippen LogP contribution in [0.5, 0.6) is 0 Å². The maximum Gasteiger partial charge on any atom is 0.226 e. The number of nitrogens with two attached hydrogens (primary N) is 1. The highest BCUT2D eigenvalue weighted by molar-refractivity contribution is 5.79. The number of likely N-dealkylation sites (tertiary alicyclic amines) is 2. The number of rotatable bonds is 3. The third-order valence-electron chi connectivity index (χ3n) is 5.96. The average molecular weight is 293 g/mol. The molecule has 21 heavy (non-hydrogen) atoms. The first-order chi connectivity index (χ1) is 10.3. The molecule has 2 aliphatic heterocycles. The third-order valence-corrected chi connectivity index (χ3v) is 5.96. The maximum absolute atomic E-state index is 12.7. The molecule has 0 aromatic carbocycles. The minimum absolute atomic E-state index is 0.224. The van der Waals surface area contributed by atoms with Gasteiger partial charge in [0.1, 0.15) is 0 Å². The molecule has 4 nitrogen and oxygen atoms in total. The van der Waals surface area contributed by atoms with Crippen molar-refractivity contribution in [1.29, 1.82) is 0 Å². The molecule has 0 unspecified atom stereocenters. The van der Waals surface area contributed by atoms with Gasteiger partial charge in [-0.3, -0.25) is 4.79 Å². The summed E-state index contributed by atoms with van der Waals surface area (Å²) in [6.45, 7) is 5.16. The summed E-state index contributed by atoms with van der Waals surface area (Å²) in [6.07, 6.45) is 9.86. The monoisotopic (exact) mass is 293 g/mol. The summed E-state index contributed by atoms with van der Waals surface area (Å²) in [4.78, 5) is 17.5. The van der Waals surface area contributed by atoms with Gasteiger partial charge < -0.3 is 15.5 Å². The second kappa shape index (κ2) is 7.10. The number of hydrogen-bond donors (Lipinski definition) is 1. The van der Waals surface area contributed by atoms with Crippen molar-refractivity contribution in [2.75, 3.05) is 32.7 Å². The molecule has 2 atom stereocenters. The van der Waals surface area contributed by atoms with E-state index < -0.39 is 0 Å². The topological polar surface area (TPSA) is 49.6 Å². The molecule has 1 saturated carbocycles. The van der Waals surface area contributed by atoms with Gasteiger partial charge in [0.25, 0.3) is 0 Å². The van der Waals surface area contributed by atoms with Crippen LogP contribution in [0.15, 0.2) is 0 Å². The molecular formula is C17H31N3O. The first-order valence-corrected chi connectivity index (χ1v) is 9.02. The van der Waals surface area contributed by atoms with Crippen LogP contribution in [0.2, 0.25) is 0 Å². The largest absolute Gasteiger partial charge is 0.342 e. The van der Waals surface area contributed by atoms with Crippen LogP contribution in [-0.4, -0.2) is 54.5 Å². The first kappa shape index (κ1) is 15.3. The van der Waals surface area contributed by atoms with Gasteiger partial charge in [0, 0.05) is 25.0 Å². The molecule has 0 aromatic heterocycles. The average Bonchev–Trinajstić information content (AvgIpc) is 3.04. The van der Waals surface area contributed by atoms with Crippen LogP contribution >= 0.6 is 0 Å². The van der Waals surface area contributed by atoms with Gasteiger partial charge in [0.05, 0.1) is 0 Å². The van der Waals surface area contributed by atoms with E-state index in [0.717, 1.165) is 32.0 Å². The summed E-state index contributed by atoms with van der Waals surface area (Å²) in [5.74, 6) is 1.07. The summed E-state index contributed by atoms with van der Waals surface area (Å²) in [5, 5.41) is 0. The second-order valence-corrected chi connectivity index (χ2v) is 7.19. The lowest BCUT2D eigenvalue weighted by Gasteiger charge is -2.41. The molecule has 0 radical (unpaired) electrons. The van der Waals surface area contributed by atoms with Crippen LogP contribution in [0.25, 0.3) is 0 Å².